The molecule has 2 aromatic carbocycles. The van der Waals surface area contributed by atoms with Crippen LogP contribution in [0.25, 0.3) is 16.8 Å². The molecule has 1 aliphatic rings. The SMILES string of the molecule is CC1CC(C(C)(C)C)C(OC(=O)c2c(-c3ccc(Cl)cc3)cn3cc(C(=O)NS(=O)(=O)Nc4ccccc4)c(N)nc23)C(C(C)(C)C)C1. The largest absolute Gasteiger partial charge is 0.458 e. The van der Waals surface area contributed by atoms with Crippen LogP contribution in [0.2, 0.25) is 5.02 Å². The number of nitrogens with zero attached hydrogens (tertiary/aromatic N) is 2. The summed E-state index contributed by atoms with van der Waals surface area (Å²) in [5, 5.41) is 0.524. The van der Waals surface area contributed by atoms with Crippen LogP contribution in [0.5, 0.6) is 0 Å². The van der Waals surface area contributed by atoms with Gasteiger partial charge in [-0.15, -0.1) is 0 Å². The molecule has 1 fully saturated rings. The molecule has 2 aromatic heterocycles. The zero-order valence-electron chi connectivity index (χ0n) is 28.4. The van der Waals surface area contributed by atoms with Crippen LogP contribution in [-0.4, -0.2) is 35.8 Å². The van der Waals surface area contributed by atoms with Gasteiger partial charge in [-0.1, -0.05) is 90.4 Å². The number of nitrogens with one attached hydrogen (secondary N) is 2. The normalized spacial score (nSPS) is 20.3. The Hall–Kier alpha value is -4.09. The first-order valence-electron chi connectivity index (χ1n) is 16.0. The van der Waals surface area contributed by atoms with Crippen molar-refractivity contribution in [3.63, 3.8) is 0 Å². The number of benzene rings is 2. The molecule has 1 saturated carbocycles. The number of amides is 1. The van der Waals surface area contributed by atoms with Crippen LogP contribution in [0.1, 0.15) is 82.0 Å². The highest BCUT2D eigenvalue weighted by Gasteiger charge is 2.48. The molecule has 12 heteroatoms. The molecule has 4 aromatic rings. The molecule has 0 saturated heterocycles. The Morgan fingerprint density at radius 1 is 0.938 bits per heavy atom. The third kappa shape index (κ3) is 7.63. The van der Waals surface area contributed by atoms with Crippen molar-refractivity contribution in [3.8, 4) is 11.1 Å². The van der Waals surface area contributed by atoms with Crippen molar-refractivity contribution in [2.45, 2.75) is 67.4 Å². The lowest BCUT2D eigenvalue weighted by atomic mass is 9.59. The van der Waals surface area contributed by atoms with Crippen molar-refractivity contribution >= 4 is 50.8 Å². The Bertz CT molecular complexity index is 1910. The summed E-state index contributed by atoms with van der Waals surface area (Å²) in [6, 6.07) is 15.1. The number of rotatable bonds is 7. The summed E-state index contributed by atoms with van der Waals surface area (Å²) in [4.78, 5) is 32.2. The topological polar surface area (TPSA) is 145 Å². The second kappa shape index (κ2) is 13.1. The minimum absolute atomic E-state index is 0.113. The number of halogens is 1. The minimum atomic E-state index is -4.30. The number of carbonyl (C=O) groups excluding carboxylic acids is 2. The van der Waals surface area contributed by atoms with E-state index in [-0.39, 0.29) is 57.0 Å². The zero-order valence-corrected chi connectivity index (χ0v) is 29.9. The smallest absolute Gasteiger partial charge is 0.342 e. The van der Waals surface area contributed by atoms with Gasteiger partial charge in [0.05, 0.1) is 11.3 Å². The second-order valence-electron chi connectivity index (χ2n) is 15.0. The van der Waals surface area contributed by atoms with Crippen LogP contribution in [-0.2, 0) is 14.9 Å². The van der Waals surface area contributed by atoms with Crippen molar-refractivity contribution in [1.82, 2.24) is 14.1 Å². The van der Waals surface area contributed by atoms with Crippen molar-refractivity contribution < 1.29 is 22.7 Å². The number of ether oxygens (including phenoxy) is 1. The van der Waals surface area contributed by atoms with Crippen molar-refractivity contribution in [1.29, 1.82) is 0 Å². The van der Waals surface area contributed by atoms with Crippen molar-refractivity contribution in [2.75, 3.05) is 10.5 Å². The fraction of sp³-hybridized carbons (Fsp3) is 0.417. The third-order valence-electron chi connectivity index (χ3n) is 9.21. The molecule has 1 amide bonds. The Labute approximate surface area is 287 Å². The highest BCUT2D eigenvalue weighted by atomic mass is 35.5. The van der Waals surface area contributed by atoms with Gasteiger partial charge in [0.15, 0.2) is 5.65 Å². The van der Waals surface area contributed by atoms with Gasteiger partial charge < -0.3 is 14.9 Å². The van der Waals surface area contributed by atoms with Crippen LogP contribution in [0.3, 0.4) is 0 Å². The summed E-state index contributed by atoms with van der Waals surface area (Å²) in [7, 11) is -4.30. The molecule has 0 bridgehead atoms. The fourth-order valence-electron chi connectivity index (χ4n) is 6.75. The minimum Gasteiger partial charge on any atom is -0.458 e. The quantitative estimate of drug-likeness (QED) is 0.169. The van der Waals surface area contributed by atoms with Crippen LogP contribution in [0.15, 0.2) is 67.0 Å². The van der Waals surface area contributed by atoms with Gasteiger partial charge in [0.1, 0.15) is 17.5 Å². The molecule has 4 N–H and O–H groups in total. The number of nitrogen functional groups attached to an aromatic ring is 1. The van der Waals surface area contributed by atoms with E-state index < -0.39 is 22.1 Å². The number of carbonyl (C=O) groups is 2. The predicted octanol–water partition coefficient (Wildman–Crippen LogP) is 7.60. The van der Waals surface area contributed by atoms with Crippen LogP contribution in [0.4, 0.5) is 11.5 Å². The lowest BCUT2D eigenvalue weighted by Crippen LogP contribution is -2.49. The Morgan fingerprint density at radius 3 is 2.08 bits per heavy atom. The summed E-state index contributed by atoms with van der Waals surface area (Å²) in [6.45, 7) is 15.4. The second-order valence-corrected chi connectivity index (χ2v) is 16.8. The summed E-state index contributed by atoms with van der Waals surface area (Å²) in [6.07, 6.45) is 4.52. The highest BCUT2D eigenvalue weighted by molar-refractivity contribution is 7.91. The molecule has 1 aliphatic carbocycles. The van der Waals surface area contributed by atoms with E-state index in [1.54, 1.807) is 60.8 Å². The Kier molecular flexibility index (Phi) is 9.60. The number of para-hydroxylation sites is 1. The van der Waals surface area contributed by atoms with Gasteiger partial charge in [-0.2, -0.15) is 8.42 Å². The molecule has 0 aliphatic heterocycles. The van der Waals surface area contributed by atoms with E-state index in [1.807, 2.05) is 4.72 Å². The monoisotopic (exact) mass is 693 g/mol. The van der Waals surface area contributed by atoms with Crippen LogP contribution in [0, 0.1) is 28.6 Å². The maximum absolute atomic E-state index is 14.5. The van der Waals surface area contributed by atoms with Gasteiger partial charge >= 0.3 is 16.2 Å². The number of esters is 1. The molecule has 0 spiro atoms. The summed E-state index contributed by atoms with van der Waals surface area (Å²) in [5.74, 6) is -1.09. The first-order valence-corrected chi connectivity index (χ1v) is 17.9. The van der Waals surface area contributed by atoms with Gasteiger partial charge in [0, 0.05) is 34.8 Å². The van der Waals surface area contributed by atoms with Crippen LogP contribution < -0.4 is 15.2 Å². The molecule has 2 unspecified atom stereocenters. The van der Waals surface area contributed by atoms with Gasteiger partial charge in [0.2, 0.25) is 0 Å². The molecule has 2 heterocycles. The van der Waals surface area contributed by atoms with E-state index in [0.717, 1.165) is 12.8 Å². The van der Waals surface area contributed by atoms with E-state index in [0.29, 0.717) is 22.1 Å². The number of hydrogen-bond acceptors (Lipinski definition) is 7. The molecule has 0 radical (unpaired) electrons. The number of anilines is 2. The molecular weight excluding hydrogens is 650 g/mol. The maximum atomic E-state index is 14.5. The maximum Gasteiger partial charge on any atom is 0.342 e. The van der Waals surface area contributed by atoms with Gasteiger partial charge in [0.25, 0.3) is 5.91 Å². The van der Waals surface area contributed by atoms with Gasteiger partial charge in [-0.3, -0.25) is 9.52 Å². The first-order chi connectivity index (χ1) is 22.3. The number of fused-ring (bicyclic) bond motifs is 1. The highest BCUT2D eigenvalue weighted by Crippen LogP contribution is 2.50. The lowest BCUT2D eigenvalue weighted by molar-refractivity contribution is -0.0922. The van der Waals surface area contributed by atoms with Crippen LogP contribution >= 0.6 is 11.6 Å². The molecule has 10 nitrogen and oxygen atoms in total. The van der Waals surface area contributed by atoms with E-state index in [4.69, 9.17) is 22.1 Å². The van der Waals surface area contributed by atoms with E-state index in [1.165, 1.54) is 10.6 Å². The molecular formula is C36H44ClN5O5S. The third-order valence-corrected chi connectivity index (χ3v) is 10.4. The molecule has 48 heavy (non-hydrogen) atoms. The molecule has 2 atom stereocenters. The number of aromatic nitrogens is 2. The Balaban J connectivity index is 1.57. The van der Waals surface area contributed by atoms with Crippen molar-refractivity contribution in [3.05, 3.63) is 83.1 Å². The number of hydrogen-bond donors (Lipinski definition) is 3. The molecule has 5 rings (SSSR count). The summed E-state index contributed by atoms with van der Waals surface area (Å²) >= 11 is 6.19. The van der Waals surface area contributed by atoms with E-state index >= 15 is 0 Å². The van der Waals surface area contributed by atoms with Gasteiger partial charge in [-0.05, 0) is 59.4 Å². The summed E-state index contributed by atoms with van der Waals surface area (Å²) in [5.41, 5.74) is 7.66. The lowest BCUT2D eigenvalue weighted by Gasteiger charge is -2.50. The first kappa shape index (κ1) is 35.2. The fourth-order valence-corrected chi connectivity index (χ4v) is 7.72. The average Bonchev–Trinajstić information content (AvgIpc) is 3.35. The van der Waals surface area contributed by atoms with Crippen molar-refractivity contribution in [2.24, 2.45) is 28.6 Å². The average molecular weight is 694 g/mol. The molecule has 256 valence electrons. The Morgan fingerprint density at radius 2 is 1.52 bits per heavy atom. The zero-order chi connectivity index (χ0) is 35.2. The van der Waals surface area contributed by atoms with Gasteiger partial charge in [-0.25, -0.2) is 14.5 Å². The standard InChI is InChI=1S/C36H44ClN5O5S/c1-21-17-27(35(2,3)4)30(28(18-21)36(5,6)7)47-34(44)29-25(22-13-15-23(37)16-14-22)19-42-20-26(31(38)39-32(29)42)33(43)41-48(45,46)40-24-11-9-8-10-12-24/h8-16,19-21,27-28,30,40H,17-18H2,1-7H3,(H2,38,39)(H,41,43). The summed E-state index contributed by atoms with van der Waals surface area (Å²) < 4.78 is 37.8. The van der Waals surface area contributed by atoms with E-state index in [2.05, 4.69) is 58.2 Å². The predicted molar refractivity (Wildman–Crippen MR) is 190 cm³/mol. The number of nitrogens with two attached hydrogens (primary N) is 1. The van der Waals surface area contributed by atoms with E-state index in [9.17, 15) is 18.0 Å².